The highest BCUT2D eigenvalue weighted by atomic mass is 35.5. The zero-order chi connectivity index (χ0) is 20.2. The summed E-state index contributed by atoms with van der Waals surface area (Å²) in [5.74, 6) is 0.540. The summed E-state index contributed by atoms with van der Waals surface area (Å²) in [4.78, 5) is 20.2. The van der Waals surface area contributed by atoms with Gasteiger partial charge in [-0.3, -0.25) is 9.69 Å². The van der Waals surface area contributed by atoms with Crippen LogP contribution < -0.4 is 9.64 Å². The molecular formula is C22H23Cl2N3O2. The second kappa shape index (κ2) is 9.16. The zero-order valence-corrected chi connectivity index (χ0v) is 17.6. The second-order valence-corrected chi connectivity index (χ2v) is 8.05. The standard InChI is InChI=1S/C22H23Cl2N3O2/c23-19-4-3-5-20(21(19)24)27-11-9-26(10-12-27)8-1-2-13-29-17-7-6-16-15-25-22(28)18(16)14-17/h3-7,14-15H,1-2,8-13H2. The monoisotopic (exact) mass is 431 g/mol. The maximum Gasteiger partial charge on any atom is 0.277 e. The molecule has 4 rings (SSSR count). The van der Waals surface area contributed by atoms with Crippen LogP contribution in [0.3, 0.4) is 0 Å². The number of unbranched alkanes of at least 4 members (excludes halogenated alkanes) is 1. The van der Waals surface area contributed by atoms with Crippen LogP contribution in [0.1, 0.15) is 28.8 Å². The SMILES string of the molecule is O=C1N=Cc2ccc(OCCCCN3CCN(c4cccc(Cl)c4Cl)CC3)cc21. The van der Waals surface area contributed by atoms with Gasteiger partial charge < -0.3 is 9.64 Å². The minimum atomic E-state index is -0.191. The average Bonchev–Trinajstić information content (AvgIpc) is 3.11. The van der Waals surface area contributed by atoms with Crippen molar-refractivity contribution in [1.29, 1.82) is 0 Å². The van der Waals surface area contributed by atoms with Gasteiger partial charge in [-0.1, -0.05) is 29.3 Å². The number of aliphatic imine (C=N–C) groups is 1. The highest BCUT2D eigenvalue weighted by molar-refractivity contribution is 6.43. The molecule has 2 aromatic carbocycles. The van der Waals surface area contributed by atoms with Gasteiger partial charge in [0.25, 0.3) is 5.91 Å². The number of nitrogens with zero attached hydrogens (tertiary/aromatic N) is 3. The fourth-order valence-electron chi connectivity index (χ4n) is 3.70. The molecule has 0 N–H and O–H groups in total. The molecular weight excluding hydrogens is 409 g/mol. The third-order valence-corrected chi connectivity index (χ3v) is 6.17. The van der Waals surface area contributed by atoms with Crippen molar-refractivity contribution in [3.05, 3.63) is 57.6 Å². The van der Waals surface area contributed by atoms with E-state index in [2.05, 4.69) is 14.8 Å². The van der Waals surface area contributed by atoms with Crippen LogP contribution in [0.4, 0.5) is 5.69 Å². The number of benzene rings is 2. The van der Waals surface area contributed by atoms with Crippen molar-refractivity contribution < 1.29 is 9.53 Å². The number of ether oxygens (including phenoxy) is 1. The highest BCUT2D eigenvalue weighted by Crippen LogP contribution is 2.32. The Labute approximate surface area is 180 Å². The first-order valence-electron chi connectivity index (χ1n) is 9.88. The van der Waals surface area contributed by atoms with E-state index in [1.807, 2.05) is 30.3 Å². The van der Waals surface area contributed by atoms with Gasteiger partial charge in [0, 0.05) is 38.0 Å². The van der Waals surface area contributed by atoms with Gasteiger partial charge in [-0.25, -0.2) is 4.99 Å². The predicted octanol–water partition coefficient (Wildman–Crippen LogP) is 4.55. The number of carbonyl (C=O) groups is 1. The Bertz CT molecular complexity index is 924. The van der Waals surface area contributed by atoms with Crippen LogP contribution in [0, 0.1) is 0 Å². The molecule has 0 bridgehead atoms. The lowest BCUT2D eigenvalue weighted by molar-refractivity contribution is 0.101. The summed E-state index contributed by atoms with van der Waals surface area (Å²) in [7, 11) is 0. The lowest BCUT2D eigenvalue weighted by atomic mass is 10.1. The normalized spacial score (nSPS) is 16.3. The molecule has 7 heteroatoms. The third-order valence-electron chi connectivity index (χ3n) is 5.36. The maximum absolute atomic E-state index is 11.6. The summed E-state index contributed by atoms with van der Waals surface area (Å²) in [6.45, 7) is 5.61. The van der Waals surface area contributed by atoms with E-state index < -0.39 is 0 Å². The zero-order valence-electron chi connectivity index (χ0n) is 16.1. The largest absolute Gasteiger partial charge is 0.494 e. The molecule has 1 fully saturated rings. The molecule has 2 aliphatic rings. The summed E-state index contributed by atoms with van der Waals surface area (Å²) in [5, 5.41) is 1.24. The van der Waals surface area contributed by atoms with Gasteiger partial charge in [0.1, 0.15) is 5.75 Å². The number of hydrogen-bond donors (Lipinski definition) is 0. The molecule has 1 amide bonds. The van der Waals surface area contributed by atoms with Gasteiger partial charge in [-0.15, -0.1) is 0 Å². The van der Waals surface area contributed by atoms with Gasteiger partial charge in [-0.2, -0.15) is 0 Å². The van der Waals surface area contributed by atoms with Crippen LogP contribution in [0.2, 0.25) is 10.0 Å². The molecule has 2 aromatic rings. The summed E-state index contributed by atoms with van der Waals surface area (Å²) in [5.41, 5.74) is 2.51. The Morgan fingerprint density at radius 3 is 2.69 bits per heavy atom. The average molecular weight is 432 g/mol. The van der Waals surface area contributed by atoms with Crippen molar-refractivity contribution in [2.45, 2.75) is 12.8 Å². The molecule has 0 unspecified atom stereocenters. The number of amides is 1. The third kappa shape index (κ3) is 4.74. The number of fused-ring (bicyclic) bond motifs is 1. The number of hydrogen-bond acceptors (Lipinski definition) is 4. The first-order valence-corrected chi connectivity index (χ1v) is 10.6. The minimum Gasteiger partial charge on any atom is -0.494 e. The van der Waals surface area contributed by atoms with Crippen LogP contribution in [0.25, 0.3) is 0 Å². The maximum atomic E-state index is 11.6. The molecule has 1 saturated heterocycles. The van der Waals surface area contributed by atoms with Gasteiger partial charge in [0.05, 0.1) is 27.9 Å². The van der Waals surface area contributed by atoms with Crippen LogP contribution in [-0.2, 0) is 0 Å². The van der Waals surface area contributed by atoms with Crippen LogP contribution in [0.15, 0.2) is 41.4 Å². The Morgan fingerprint density at radius 1 is 1.03 bits per heavy atom. The second-order valence-electron chi connectivity index (χ2n) is 7.27. The molecule has 5 nitrogen and oxygen atoms in total. The molecule has 0 saturated carbocycles. The Hall–Kier alpha value is -2.08. The van der Waals surface area contributed by atoms with Crippen LogP contribution in [0.5, 0.6) is 5.75 Å². The van der Waals surface area contributed by atoms with E-state index >= 15 is 0 Å². The Morgan fingerprint density at radius 2 is 1.86 bits per heavy atom. The minimum absolute atomic E-state index is 0.191. The van der Waals surface area contributed by atoms with E-state index in [1.54, 1.807) is 12.3 Å². The smallest absolute Gasteiger partial charge is 0.277 e. The molecule has 0 aromatic heterocycles. The summed E-state index contributed by atoms with van der Waals surface area (Å²) in [6.07, 6.45) is 3.65. The molecule has 0 spiro atoms. The molecule has 0 aliphatic carbocycles. The number of anilines is 1. The molecule has 0 radical (unpaired) electrons. The summed E-state index contributed by atoms with van der Waals surface area (Å²) in [6, 6.07) is 11.3. The van der Waals surface area contributed by atoms with Gasteiger partial charge in [0.2, 0.25) is 0 Å². The first kappa shape index (κ1) is 20.2. The molecule has 152 valence electrons. The fourth-order valence-corrected chi connectivity index (χ4v) is 4.11. The lowest BCUT2D eigenvalue weighted by Crippen LogP contribution is -2.46. The fraction of sp³-hybridized carbons (Fsp3) is 0.364. The Kier molecular flexibility index (Phi) is 6.38. The van der Waals surface area contributed by atoms with Crippen molar-refractivity contribution in [3.63, 3.8) is 0 Å². The van der Waals surface area contributed by atoms with Gasteiger partial charge in [0.15, 0.2) is 0 Å². The predicted molar refractivity (Wildman–Crippen MR) is 118 cm³/mol. The number of carbonyl (C=O) groups excluding carboxylic acids is 1. The quantitative estimate of drug-likeness (QED) is 0.603. The van der Waals surface area contributed by atoms with E-state index in [9.17, 15) is 4.79 Å². The molecule has 29 heavy (non-hydrogen) atoms. The van der Waals surface area contributed by atoms with Crippen LogP contribution >= 0.6 is 23.2 Å². The van der Waals surface area contributed by atoms with Gasteiger partial charge >= 0.3 is 0 Å². The number of rotatable bonds is 7. The van der Waals surface area contributed by atoms with Crippen molar-refractivity contribution in [1.82, 2.24) is 4.90 Å². The summed E-state index contributed by atoms with van der Waals surface area (Å²) >= 11 is 12.5. The summed E-state index contributed by atoms with van der Waals surface area (Å²) < 4.78 is 5.81. The van der Waals surface area contributed by atoms with Crippen molar-refractivity contribution >= 4 is 41.0 Å². The van der Waals surface area contributed by atoms with E-state index in [0.717, 1.165) is 62.6 Å². The molecule has 0 atom stereocenters. The number of piperazine rings is 1. The van der Waals surface area contributed by atoms with E-state index in [1.165, 1.54) is 0 Å². The van der Waals surface area contributed by atoms with E-state index in [4.69, 9.17) is 27.9 Å². The van der Waals surface area contributed by atoms with Crippen molar-refractivity contribution in [2.24, 2.45) is 4.99 Å². The molecule has 2 aliphatic heterocycles. The van der Waals surface area contributed by atoms with Crippen molar-refractivity contribution in [3.8, 4) is 5.75 Å². The highest BCUT2D eigenvalue weighted by Gasteiger charge is 2.19. The molecule has 2 heterocycles. The van der Waals surface area contributed by atoms with Crippen molar-refractivity contribution in [2.75, 3.05) is 44.2 Å². The lowest BCUT2D eigenvalue weighted by Gasteiger charge is -2.36. The van der Waals surface area contributed by atoms with E-state index in [0.29, 0.717) is 22.2 Å². The first-order chi connectivity index (χ1) is 14.1. The topological polar surface area (TPSA) is 45.1 Å². The number of halogens is 2. The van der Waals surface area contributed by atoms with Gasteiger partial charge in [-0.05, 0) is 49.7 Å². The van der Waals surface area contributed by atoms with Crippen LogP contribution in [-0.4, -0.2) is 56.4 Å². The Balaban J connectivity index is 1.16. The van der Waals surface area contributed by atoms with E-state index in [-0.39, 0.29) is 5.91 Å².